The van der Waals surface area contributed by atoms with E-state index in [1.807, 2.05) is 0 Å². The second-order valence-electron chi connectivity index (χ2n) is 4.80. The van der Waals surface area contributed by atoms with Crippen LogP contribution < -0.4 is 5.32 Å². The predicted molar refractivity (Wildman–Crippen MR) is 66.0 cm³/mol. The Balaban J connectivity index is 2.18. The normalized spacial score (nSPS) is 20.9. The minimum atomic E-state index is -4.41. The van der Waals surface area contributed by atoms with Crippen molar-refractivity contribution in [1.29, 1.82) is 0 Å². The monoisotopic (exact) mass is 271 g/mol. The first kappa shape index (κ1) is 14.1. The Bertz CT molecular complexity index is 448. The summed E-state index contributed by atoms with van der Waals surface area (Å²) in [4.78, 5) is 12.2. The van der Waals surface area contributed by atoms with Crippen molar-refractivity contribution in [2.75, 3.05) is 6.54 Å². The van der Waals surface area contributed by atoms with Gasteiger partial charge in [0, 0.05) is 5.56 Å². The summed E-state index contributed by atoms with van der Waals surface area (Å²) in [6.07, 6.45) is -0.726. The van der Waals surface area contributed by atoms with Gasteiger partial charge in [-0.05, 0) is 31.5 Å². The highest BCUT2D eigenvalue weighted by atomic mass is 19.4. The van der Waals surface area contributed by atoms with Gasteiger partial charge in [-0.25, -0.2) is 0 Å². The van der Waals surface area contributed by atoms with Gasteiger partial charge in [-0.15, -0.1) is 0 Å². The van der Waals surface area contributed by atoms with Crippen LogP contribution in [-0.4, -0.2) is 18.4 Å². The third-order valence-corrected chi connectivity index (χ3v) is 3.35. The highest BCUT2D eigenvalue weighted by Gasteiger charge is 2.31. The fourth-order valence-electron chi connectivity index (χ4n) is 2.30. The summed E-state index contributed by atoms with van der Waals surface area (Å²) in [6, 6.07) is 4.30. The van der Waals surface area contributed by atoms with Gasteiger partial charge >= 0.3 is 6.18 Å². The van der Waals surface area contributed by atoms with Crippen molar-refractivity contribution < 1.29 is 18.0 Å². The fraction of sp³-hybridized carbons (Fsp3) is 0.500. The second-order valence-corrected chi connectivity index (χ2v) is 4.80. The molecule has 104 valence electrons. The van der Waals surface area contributed by atoms with Crippen molar-refractivity contribution in [1.82, 2.24) is 5.32 Å². The van der Waals surface area contributed by atoms with Crippen LogP contribution in [-0.2, 0) is 6.18 Å². The first-order valence-electron chi connectivity index (χ1n) is 6.43. The zero-order valence-electron chi connectivity index (χ0n) is 10.5. The number of alkyl halides is 3. The molecule has 0 spiro atoms. The molecule has 0 radical (unpaired) electrons. The first-order valence-corrected chi connectivity index (χ1v) is 6.43. The number of benzene rings is 1. The smallest absolute Gasteiger partial charge is 0.307 e. The Morgan fingerprint density at radius 1 is 1.21 bits per heavy atom. The molecule has 1 fully saturated rings. The second kappa shape index (κ2) is 5.74. The summed E-state index contributed by atoms with van der Waals surface area (Å²) < 4.78 is 37.8. The highest BCUT2D eigenvalue weighted by Crippen LogP contribution is 2.30. The molecule has 1 aromatic rings. The largest absolute Gasteiger partial charge is 0.416 e. The van der Waals surface area contributed by atoms with E-state index in [1.165, 1.54) is 12.1 Å². The van der Waals surface area contributed by atoms with E-state index in [9.17, 15) is 18.0 Å². The molecule has 0 aliphatic carbocycles. The van der Waals surface area contributed by atoms with E-state index >= 15 is 0 Å². The lowest BCUT2D eigenvalue weighted by Crippen LogP contribution is -2.36. The third-order valence-electron chi connectivity index (χ3n) is 3.35. The number of nitrogens with one attached hydrogen (secondary N) is 1. The average molecular weight is 271 g/mol. The number of hydrogen-bond donors (Lipinski definition) is 1. The van der Waals surface area contributed by atoms with Crippen molar-refractivity contribution >= 4 is 5.78 Å². The van der Waals surface area contributed by atoms with Crippen molar-refractivity contribution in [3.63, 3.8) is 0 Å². The summed E-state index contributed by atoms with van der Waals surface area (Å²) in [5, 5.41) is 3.11. The van der Waals surface area contributed by atoms with Gasteiger partial charge in [0.25, 0.3) is 0 Å². The Morgan fingerprint density at radius 3 is 2.74 bits per heavy atom. The van der Waals surface area contributed by atoms with Gasteiger partial charge in [-0.1, -0.05) is 25.0 Å². The van der Waals surface area contributed by atoms with E-state index in [0.29, 0.717) is 6.42 Å². The van der Waals surface area contributed by atoms with Crippen LogP contribution in [0.25, 0.3) is 0 Å². The quantitative estimate of drug-likeness (QED) is 0.835. The minimum Gasteiger partial charge on any atom is -0.307 e. The number of halogens is 3. The molecule has 1 atom stereocenters. The van der Waals surface area contributed by atoms with Gasteiger partial charge in [0.05, 0.1) is 11.6 Å². The standard InChI is InChI=1S/C14H16F3NO/c15-14(16,17)11-6-4-5-10(9-11)13(19)12-7-2-1-3-8-18-12/h4-6,9,12,18H,1-3,7-8H2. The van der Waals surface area contributed by atoms with Crippen LogP contribution in [0.15, 0.2) is 24.3 Å². The maximum atomic E-state index is 12.6. The molecule has 19 heavy (non-hydrogen) atoms. The number of Topliss-reactive ketones (excluding diaryl/α,β-unsaturated/α-hetero) is 1. The van der Waals surface area contributed by atoms with Gasteiger partial charge in [-0.3, -0.25) is 4.79 Å². The summed E-state index contributed by atoms with van der Waals surface area (Å²) in [5.74, 6) is -0.243. The minimum absolute atomic E-state index is 0.134. The molecule has 0 aromatic heterocycles. The molecule has 1 aliphatic heterocycles. The van der Waals surface area contributed by atoms with E-state index in [0.717, 1.165) is 37.9 Å². The average Bonchev–Trinajstić information content (AvgIpc) is 2.66. The topological polar surface area (TPSA) is 29.1 Å². The predicted octanol–water partition coefficient (Wildman–Crippen LogP) is 3.42. The SMILES string of the molecule is O=C(c1cccc(C(F)(F)F)c1)C1CCCCCN1. The molecule has 0 saturated carbocycles. The van der Waals surface area contributed by atoms with Crippen molar-refractivity contribution in [2.24, 2.45) is 0 Å². The Morgan fingerprint density at radius 2 is 2.00 bits per heavy atom. The van der Waals surface area contributed by atoms with E-state index in [-0.39, 0.29) is 17.4 Å². The molecule has 1 unspecified atom stereocenters. The number of ketones is 1. The van der Waals surface area contributed by atoms with Crippen LogP contribution in [0, 0.1) is 0 Å². The zero-order valence-corrected chi connectivity index (χ0v) is 10.5. The maximum absolute atomic E-state index is 12.6. The molecular formula is C14H16F3NO. The summed E-state index contributed by atoms with van der Waals surface area (Å²) in [6.45, 7) is 0.745. The molecule has 1 heterocycles. The lowest BCUT2D eigenvalue weighted by Gasteiger charge is -2.15. The van der Waals surface area contributed by atoms with Crippen LogP contribution in [0.1, 0.15) is 41.6 Å². The first-order chi connectivity index (χ1) is 8.98. The molecule has 0 bridgehead atoms. The Hall–Kier alpha value is -1.36. The van der Waals surface area contributed by atoms with E-state index in [2.05, 4.69) is 5.32 Å². The Labute approximate surface area is 110 Å². The van der Waals surface area contributed by atoms with Gasteiger partial charge in [0.1, 0.15) is 0 Å². The van der Waals surface area contributed by atoms with Crippen molar-refractivity contribution in [3.8, 4) is 0 Å². The number of hydrogen-bond acceptors (Lipinski definition) is 2. The van der Waals surface area contributed by atoms with E-state index < -0.39 is 11.7 Å². The highest BCUT2D eigenvalue weighted by molar-refractivity contribution is 6.00. The molecule has 2 nitrogen and oxygen atoms in total. The van der Waals surface area contributed by atoms with Gasteiger partial charge in [-0.2, -0.15) is 13.2 Å². The lowest BCUT2D eigenvalue weighted by molar-refractivity contribution is -0.137. The summed E-state index contributed by atoms with van der Waals surface area (Å²) >= 11 is 0. The van der Waals surface area contributed by atoms with E-state index in [4.69, 9.17) is 0 Å². The number of carbonyl (C=O) groups excluding carboxylic acids is 1. The van der Waals surface area contributed by atoms with Crippen LogP contribution in [0.4, 0.5) is 13.2 Å². The lowest BCUT2D eigenvalue weighted by atomic mass is 9.98. The van der Waals surface area contributed by atoms with Gasteiger partial charge in [0.15, 0.2) is 5.78 Å². The van der Waals surface area contributed by atoms with Gasteiger partial charge < -0.3 is 5.32 Å². The zero-order chi connectivity index (χ0) is 13.9. The number of rotatable bonds is 2. The molecule has 0 amide bonds. The fourth-order valence-corrected chi connectivity index (χ4v) is 2.30. The number of carbonyl (C=O) groups is 1. The summed E-state index contributed by atoms with van der Waals surface area (Å²) in [7, 11) is 0. The third kappa shape index (κ3) is 3.56. The molecule has 5 heteroatoms. The molecule has 1 aliphatic rings. The van der Waals surface area contributed by atoms with Crippen LogP contribution >= 0.6 is 0 Å². The molecule has 1 aromatic carbocycles. The molecule has 1 saturated heterocycles. The molecule has 1 N–H and O–H groups in total. The van der Waals surface area contributed by atoms with Crippen LogP contribution in [0.3, 0.4) is 0 Å². The van der Waals surface area contributed by atoms with E-state index in [1.54, 1.807) is 0 Å². The molecular weight excluding hydrogens is 255 g/mol. The molecule has 2 rings (SSSR count). The summed E-state index contributed by atoms with van der Waals surface area (Å²) in [5.41, 5.74) is -0.638. The Kier molecular flexibility index (Phi) is 4.24. The maximum Gasteiger partial charge on any atom is 0.416 e. The van der Waals surface area contributed by atoms with Crippen molar-refractivity contribution in [3.05, 3.63) is 35.4 Å². The van der Waals surface area contributed by atoms with Gasteiger partial charge in [0.2, 0.25) is 0 Å². The van der Waals surface area contributed by atoms with Crippen LogP contribution in [0.2, 0.25) is 0 Å². The van der Waals surface area contributed by atoms with Crippen molar-refractivity contribution in [2.45, 2.75) is 37.9 Å². The van der Waals surface area contributed by atoms with Crippen LogP contribution in [0.5, 0.6) is 0 Å².